The first-order valence-corrected chi connectivity index (χ1v) is 8.13. The SMILES string of the molecule is O=C(Cc1ccc(Br)cc1)NNC(=O)[C@H]1COc2ccccc2O1. The Morgan fingerprint density at radius 3 is 2.50 bits per heavy atom. The highest BCUT2D eigenvalue weighted by Crippen LogP contribution is 2.30. The molecular weight excluding hydrogens is 376 g/mol. The molecule has 24 heavy (non-hydrogen) atoms. The standard InChI is InChI=1S/C17H15BrN2O4/c18-12-7-5-11(6-8-12)9-16(21)19-20-17(22)15-10-23-13-3-1-2-4-14(13)24-15/h1-8,15H,9-10H2,(H,19,21)(H,20,22)/t15-/m1/s1. The van der Waals surface area contributed by atoms with Crippen LogP contribution >= 0.6 is 15.9 Å². The van der Waals surface area contributed by atoms with E-state index < -0.39 is 12.0 Å². The average Bonchev–Trinajstić information content (AvgIpc) is 2.61. The van der Waals surface area contributed by atoms with Crippen molar-refractivity contribution in [1.82, 2.24) is 10.9 Å². The van der Waals surface area contributed by atoms with Gasteiger partial charge in [0.25, 0.3) is 5.91 Å². The first-order chi connectivity index (χ1) is 11.6. The topological polar surface area (TPSA) is 76.7 Å². The Bertz CT molecular complexity index is 749. The molecule has 124 valence electrons. The third-order valence-electron chi connectivity index (χ3n) is 3.40. The van der Waals surface area contributed by atoms with Crippen LogP contribution in [0.3, 0.4) is 0 Å². The molecule has 0 spiro atoms. The number of amides is 2. The molecule has 1 aliphatic rings. The fourth-order valence-electron chi connectivity index (χ4n) is 2.19. The summed E-state index contributed by atoms with van der Waals surface area (Å²) in [6.45, 7) is 0.0887. The Kier molecular flexibility index (Phi) is 5.00. The highest BCUT2D eigenvalue weighted by Gasteiger charge is 2.27. The van der Waals surface area contributed by atoms with Crippen LogP contribution in [-0.2, 0) is 16.0 Å². The maximum atomic E-state index is 12.1. The smallest absolute Gasteiger partial charge is 0.283 e. The van der Waals surface area contributed by atoms with E-state index in [0.29, 0.717) is 11.5 Å². The average molecular weight is 391 g/mol. The van der Waals surface area contributed by atoms with Crippen LogP contribution in [0.1, 0.15) is 5.56 Å². The van der Waals surface area contributed by atoms with E-state index >= 15 is 0 Å². The van der Waals surface area contributed by atoms with Gasteiger partial charge >= 0.3 is 0 Å². The molecule has 6 nitrogen and oxygen atoms in total. The Morgan fingerprint density at radius 2 is 1.75 bits per heavy atom. The first-order valence-electron chi connectivity index (χ1n) is 7.33. The molecule has 1 atom stereocenters. The van der Waals surface area contributed by atoms with Crippen molar-refractivity contribution in [1.29, 1.82) is 0 Å². The third kappa shape index (κ3) is 4.05. The van der Waals surface area contributed by atoms with Crippen molar-refractivity contribution in [3.8, 4) is 11.5 Å². The van der Waals surface area contributed by atoms with Gasteiger partial charge in [-0.25, -0.2) is 0 Å². The van der Waals surface area contributed by atoms with Gasteiger partial charge in [0.15, 0.2) is 11.5 Å². The number of nitrogens with one attached hydrogen (secondary N) is 2. The van der Waals surface area contributed by atoms with Crippen molar-refractivity contribution in [3.63, 3.8) is 0 Å². The van der Waals surface area contributed by atoms with Gasteiger partial charge in [-0.3, -0.25) is 20.4 Å². The number of rotatable bonds is 3. The highest BCUT2D eigenvalue weighted by atomic mass is 79.9. The number of carbonyl (C=O) groups is 2. The molecule has 0 saturated heterocycles. The fourth-order valence-corrected chi connectivity index (χ4v) is 2.46. The van der Waals surface area contributed by atoms with Crippen molar-refractivity contribution in [2.24, 2.45) is 0 Å². The number of benzene rings is 2. The van der Waals surface area contributed by atoms with Crippen LogP contribution in [0.25, 0.3) is 0 Å². The zero-order chi connectivity index (χ0) is 16.9. The number of para-hydroxylation sites is 2. The largest absolute Gasteiger partial charge is 0.485 e. The minimum atomic E-state index is -0.812. The third-order valence-corrected chi connectivity index (χ3v) is 3.93. The van der Waals surface area contributed by atoms with Crippen LogP contribution < -0.4 is 20.3 Å². The van der Waals surface area contributed by atoms with Gasteiger partial charge in [-0.2, -0.15) is 0 Å². The summed E-state index contributed by atoms with van der Waals surface area (Å²) in [6.07, 6.45) is -0.647. The number of hydrogen-bond donors (Lipinski definition) is 2. The van der Waals surface area contributed by atoms with E-state index in [1.165, 1.54) is 0 Å². The van der Waals surface area contributed by atoms with Gasteiger partial charge in [0.1, 0.15) is 6.61 Å². The lowest BCUT2D eigenvalue weighted by molar-refractivity contribution is -0.134. The molecule has 0 bridgehead atoms. The van der Waals surface area contributed by atoms with E-state index in [1.807, 2.05) is 30.3 Å². The number of hydrogen-bond acceptors (Lipinski definition) is 4. The molecular formula is C17H15BrN2O4. The predicted octanol–water partition coefficient (Wildman–Crippen LogP) is 1.98. The quantitative estimate of drug-likeness (QED) is 0.785. The van der Waals surface area contributed by atoms with Crippen LogP contribution in [0.4, 0.5) is 0 Å². The van der Waals surface area contributed by atoms with Gasteiger partial charge < -0.3 is 9.47 Å². The summed E-state index contributed by atoms with van der Waals surface area (Å²) in [5, 5.41) is 0. The number of fused-ring (bicyclic) bond motifs is 1. The molecule has 2 aromatic carbocycles. The minimum Gasteiger partial charge on any atom is -0.485 e. The predicted molar refractivity (Wildman–Crippen MR) is 90.5 cm³/mol. The van der Waals surface area contributed by atoms with Crippen LogP contribution in [0.15, 0.2) is 53.0 Å². The van der Waals surface area contributed by atoms with E-state index in [0.717, 1.165) is 10.0 Å². The van der Waals surface area contributed by atoms with E-state index in [1.54, 1.807) is 18.2 Å². The molecule has 0 aliphatic carbocycles. The lowest BCUT2D eigenvalue weighted by Crippen LogP contribution is -2.51. The van der Waals surface area contributed by atoms with Crippen LogP contribution in [0.2, 0.25) is 0 Å². The Balaban J connectivity index is 1.49. The molecule has 7 heteroatoms. The van der Waals surface area contributed by atoms with Crippen LogP contribution in [-0.4, -0.2) is 24.5 Å². The van der Waals surface area contributed by atoms with Gasteiger partial charge in [-0.1, -0.05) is 40.2 Å². The van der Waals surface area contributed by atoms with Crippen LogP contribution in [0.5, 0.6) is 11.5 Å². The molecule has 3 rings (SSSR count). The van der Waals surface area contributed by atoms with Gasteiger partial charge in [0.05, 0.1) is 6.42 Å². The highest BCUT2D eigenvalue weighted by molar-refractivity contribution is 9.10. The summed E-state index contributed by atoms with van der Waals surface area (Å²) in [6, 6.07) is 14.5. The normalized spacial score (nSPS) is 15.5. The molecule has 2 N–H and O–H groups in total. The maximum Gasteiger partial charge on any atom is 0.283 e. The van der Waals surface area contributed by atoms with Crippen molar-refractivity contribution in [3.05, 3.63) is 58.6 Å². The van der Waals surface area contributed by atoms with E-state index in [2.05, 4.69) is 26.8 Å². The van der Waals surface area contributed by atoms with Gasteiger partial charge in [0.2, 0.25) is 12.0 Å². The zero-order valence-corrected chi connectivity index (χ0v) is 14.2. The Labute approximate surface area is 147 Å². The van der Waals surface area contributed by atoms with E-state index in [-0.39, 0.29) is 18.9 Å². The fraction of sp³-hybridized carbons (Fsp3) is 0.176. The molecule has 0 aromatic heterocycles. The number of carbonyl (C=O) groups excluding carboxylic acids is 2. The van der Waals surface area contributed by atoms with Crippen molar-refractivity contribution < 1.29 is 19.1 Å². The molecule has 0 fully saturated rings. The van der Waals surface area contributed by atoms with Gasteiger partial charge in [0, 0.05) is 4.47 Å². The first kappa shape index (κ1) is 16.3. The van der Waals surface area contributed by atoms with E-state index in [4.69, 9.17) is 9.47 Å². The van der Waals surface area contributed by atoms with Crippen LogP contribution in [0, 0.1) is 0 Å². The molecule has 0 saturated carbocycles. The lowest BCUT2D eigenvalue weighted by Gasteiger charge is -2.25. The molecule has 0 unspecified atom stereocenters. The second kappa shape index (κ2) is 7.35. The molecule has 1 heterocycles. The molecule has 1 aliphatic heterocycles. The molecule has 0 radical (unpaired) electrons. The number of hydrazine groups is 1. The Hall–Kier alpha value is -2.54. The second-order valence-corrected chi connectivity index (χ2v) is 6.12. The van der Waals surface area contributed by atoms with Gasteiger partial charge in [-0.15, -0.1) is 0 Å². The molecule has 2 aromatic rings. The molecule has 2 amide bonds. The van der Waals surface area contributed by atoms with Crippen molar-refractivity contribution in [2.75, 3.05) is 6.61 Å². The summed E-state index contributed by atoms with van der Waals surface area (Å²) >= 11 is 3.33. The summed E-state index contributed by atoms with van der Waals surface area (Å²) < 4.78 is 12.0. The van der Waals surface area contributed by atoms with Crippen molar-refractivity contribution in [2.45, 2.75) is 12.5 Å². The maximum absolute atomic E-state index is 12.1. The zero-order valence-electron chi connectivity index (χ0n) is 12.6. The summed E-state index contributed by atoms with van der Waals surface area (Å²) in [7, 11) is 0. The minimum absolute atomic E-state index is 0.0887. The summed E-state index contributed by atoms with van der Waals surface area (Å²) in [5.41, 5.74) is 5.59. The lowest BCUT2D eigenvalue weighted by atomic mass is 10.1. The monoisotopic (exact) mass is 390 g/mol. The number of halogens is 1. The summed E-state index contributed by atoms with van der Waals surface area (Å²) in [4.78, 5) is 23.9. The summed E-state index contributed by atoms with van der Waals surface area (Å²) in [5.74, 6) is 0.322. The van der Waals surface area contributed by atoms with Crippen molar-refractivity contribution >= 4 is 27.7 Å². The van der Waals surface area contributed by atoms with Gasteiger partial charge in [-0.05, 0) is 29.8 Å². The number of ether oxygens (including phenoxy) is 2. The second-order valence-electron chi connectivity index (χ2n) is 5.20. The van der Waals surface area contributed by atoms with E-state index in [9.17, 15) is 9.59 Å². The Morgan fingerprint density at radius 1 is 1.04 bits per heavy atom.